The molecule has 0 radical (unpaired) electrons. The van der Waals surface area contributed by atoms with Gasteiger partial charge in [-0.25, -0.2) is 9.78 Å². The van der Waals surface area contributed by atoms with Gasteiger partial charge in [0.05, 0.1) is 29.2 Å². The fraction of sp³-hybridized carbons (Fsp3) is 0.250. The molecule has 0 spiro atoms. The number of aromatic carboxylic acids is 1. The minimum absolute atomic E-state index is 0.260. The highest BCUT2D eigenvalue weighted by atomic mass is 16.4. The summed E-state index contributed by atoms with van der Waals surface area (Å²) in [6.07, 6.45) is 5.24. The largest absolute Gasteiger partial charge is 0.478 e. The molecule has 0 aliphatic carbocycles. The molecule has 1 unspecified atom stereocenters. The number of imidazole rings is 1. The Morgan fingerprint density at radius 2 is 2.29 bits per heavy atom. The van der Waals surface area contributed by atoms with Gasteiger partial charge in [-0.15, -0.1) is 0 Å². The van der Waals surface area contributed by atoms with Crippen LogP contribution < -0.4 is 0 Å². The molecule has 1 aromatic carbocycles. The lowest BCUT2D eigenvalue weighted by molar-refractivity contribution is 0.0697. The Morgan fingerprint density at radius 1 is 1.43 bits per heavy atom. The summed E-state index contributed by atoms with van der Waals surface area (Å²) in [5.74, 6) is 0.0387. The Morgan fingerprint density at radius 3 is 3.00 bits per heavy atom. The van der Waals surface area contributed by atoms with E-state index < -0.39 is 5.97 Å². The predicted molar refractivity (Wildman–Crippen MR) is 78.4 cm³/mol. The molecule has 0 saturated carbocycles. The normalized spacial score (nSPS) is 12.6. The van der Waals surface area contributed by atoms with Crippen molar-refractivity contribution in [1.82, 2.24) is 9.55 Å². The molecule has 5 nitrogen and oxygen atoms in total. The van der Waals surface area contributed by atoms with E-state index in [2.05, 4.69) is 16.5 Å². The molecule has 1 N–H and O–H groups in total. The summed E-state index contributed by atoms with van der Waals surface area (Å²) < 4.78 is 7.41. The zero-order chi connectivity index (χ0) is 14.8. The average molecular weight is 284 g/mol. The first-order valence-electron chi connectivity index (χ1n) is 6.87. The van der Waals surface area contributed by atoms with Crippen LogP contribution in [0.4, 0.5) is 0 Å². The van der Waals surface area contributed by atoms with Gasteiger partial charge in [0.1, 0.15) is 5.76 Å². The van der Waals surface area contributed by atoms with Crippen molar-refractivity contribution in [2.24, 2.45) is 0 Å². The fourth-order valence-electron chi connectivity index (χ4n) is 2.46. The molecule has 0 fully saturated rings. The highest BCUT2D eigenvalue weighted by molar-refractivity contribution is 5.92. The van der Waals surface area contributed by atoms with E-state index in [1.807, 2.05) is 18.2 Å². The van der Waals surface area contributed by atoms with E-state index in [1.165, 1.54) is 0 Å². The van der Waals surface area contributed by atoms with Crippen LogP contribution in [0.2, 0.25) is 0 Å². The molecule has 3 rings (SSSR count). The minimum atomic E-state index is -0.933. The number of furan rings is 1. The highest BCUT2D eigenvalue weighted by Crippen LogP contribution is 2.22. The third-order valence-electron chi connectivity index (χ3n) is 3.69. The smallest absolute Gasteiger partial charge is 0.335 e. The van der Waals surface area contributed by atoms with Gasteiger partial charge in [-0.2, -0.15) is 0 Å². The molecule has 0 amide bonds. The van der Waals surface area contributed by atoms with Gasteiger partial charge in [0, 0.05) is 12.5 Å². The molecule has 0 bridgehead atoms. The summed E-state index contributed by atoms with van der Waals surface area (Å²) in [6.45, 7) is 2.12. The van der Waals surface area contributed by atoms with Gasteiger partial charge in [0.25, 0.3) is 0 Å². The van der Waals surface area contributed by atoms with E-state index in [9.17, 15) is 4.79 Å². The summed E-state index contributed by atoms with van der Waals surface area (Å²) >= 11 is 0. The summed E-state index contributed by atoms with van der Waals surface area (Å²) in [6, 6.07) is 9.15. The van der Waals surface area contributed by atoms with Crippen LogP contribution in [0.25, 0.3) is 11.0 Å². The minimum Gasteiger partial charge on any atom is -0.478 e. The topological polar surface area (TPSA) is 68.3 Å². The number of aryl methyl sites for hydroxylation is 1. The molecule has 0 saturated heterocycles. The summed E-state index contributed by atoms with van der Waals surface area (Å²) in [5.41, 5.74) is 1.92. The molecule has 1 atom stereocenters. The van der Waals surface area contributed by atoms with Crippen LogP contribution in [0.1, 0.15) is 35.5 Å². The van der Waals surface area contributed by atoms with Crippen molar-refractivity contribution in [1.29, 1.82) is 0 Å². The van der Waals surface area contributed by atoms with Gasteiger partial charge in [-0.05, 0) is 43.7 Å². The second-order valence-electron chi connectivity index (χ2n) is 5.13. The summed E-state index contributed by atoms with van der Waals surface area (Å²) in [7, 11) is 0. The Hall–Kier alpha value is -2.56. The second kappa shape index (κ2) is 5.44. The monoisotopic (exact) mass is 284 g/mol. The van der Waals surface area contributed by atoms with Gasteiger partial charge < -0.3 is 14.1 Å². The van der Waals surface area contributed by atoms with Crippen LogP contribution in [0.15, 0.2) is 47.3 Å². The van der Waals surface area contributed by atoms with E-state index in [-0.39, 0.29) is 11.6 Å². The average Bonchev–Trinajstić information content (AvgIpc) is 3.13. The van der Waals surface area contributed by atoms with Crippen LogP contribution in [0, 0.1) is 0 Å². The Kier molecular flexibility index (Phi) is 3.48. The lowest BCUT2D eigenvalue weighted by Gasteiger charge is -2.13. The number of nitrogens with zero attached hydrogens (tertiary/aromatic N) is 2. The van der Waals surface area contributed by atoms with Gasteiger partial charge in [0.15, 0.2) is 0 Å². The van der Waals surface area contributed by atoms with Crippen molar-refractivity contribution >= 4 is 17.0 Å². The maximum absolute atomic E-state index is 11.0. The third kappa shape index (κ3) is 2.67. The van der Waals surface area contributed by atoms with Crippen LogP contribution in [0.3, 0.4) is 0 Å². The van der Waals surface area contributed by atoms with Crippen molar-refractivity contribution in [3.8, 4) is 0 Å². The lowest BCUT2D eigenvalue weighted by atomic mass is 10.1. The number of benzene rings is 1. The Labute approximate surface area is 121 Å². The molecular formula is C16H16N2O3. The number of carboxylic acids is 1. The van der Waals surface area contributed by atoms with Crippen molar-refractivity contribution in [3.63, 3.8) is 0 Å². The molecule has 5 heteroatoms. The van der Waals surface area contributed by atoms with Crippen molar-refractivity contribution in [3.05, 3.63) is 54.2 Å². The van der Waals surface area contributed by atoms with Crippen molar-refractivity contribution < 1.29 is 14.3 Å². The van der Waals surface area contributed by atoms with Crippen LogP contribution in [0.5, 0.6) is 0 Å². The molecule has 3 aromatic rings. The number of hydrogen-bond donors (Lipinski definition) is 1. The first-order chi connectivity index (χ1) is 10.1. The summed E-state index contributed by atoms with van der Waals surface area (Å²) in [5, 5.41) is 9.01. The van der Waals surface area contributed by atoms with E-state index >= 15 is 0 Å². The van der Waals surface area contributed by atoms with Crippen molar-refractivity contribution in [2.75, 3.05) is 0 Å². The second-order valence-corrected chi connectivity index (χ2v) is 5.13. The third-order valence-corrected chi connectivity index (χ3v) is 3.69. The van der Waals surface area contributed by atoms with Crippen LogP contribution >= 0.6 is 0 Å². The molecule has 21 heavy (non-hydrogen) atoms. The van der Waals surface area contributed by atoms with E-state index in [4.69, 9.17) is 9.52 Å². The van der Waals surface area contributed by atoms with Gasteiger partial charge in [-0.1, -0.05) is 0 Å². The van der Waals surface area contributed by atoms with Crippen molar-refractivity contribution in [2.45, 2.75) is 25.8 Å². The van der Waals surface area contributed by atoms with Crippen LogP contribution in [-0.2, 0) is 6.42 Å². The highest BCUT2D eigenvalue weighted by Gasteiger charge is 2.12. The molecule has 0 aliphatic rings. The maximum atomic E-state index is 11.0. The number of carboxylic acid groups (broad SMARTS) is 1. The maximum Gasteiger partial charge on any atom is 0.335 e. The van der Waals surface area contributed by atoms with E-state index in [0.717, 1.165) is 24.1 Å². The number of hydrogen-bond acceptors (Lipinski definition) is 3. The lowest BCUT2D eigenvalue weighted by Crippen LogP contribution is -2.05. The first kappa shape index (κ1) is 13.4. The molecule has 2 aromatic heterocycles. The molecule has 2 heterocycles. The van der Waals surface area contributed by atoms with Gasteiger partial charge in [-0.3, -0.25) is 0 Å². The number of fused-ring (bicyclic) bond motifs is 1. The van der Waals surface area contributed by atoms with Crippen LogP contribution in [-0.4, -0.2) is 20.6 Å². The predicted octanol–water partition coefficient (Wildman–Crippen LogP) is 3.52. The SMILES string of the molecule is CC(CCc1ccco1)n1cnc2cc(C(=O)O)ccc21. The molecular weight excluding hydrogens is 268 g/mol. The number of rotatable bonds is 5. The molecule has 0 aliphatic heterocycles. The number of carbonyl (C=O) groups is 1. The fourth-order valence-corrected chi connectivity index (χ4v) is 2.46. The number of aromatic nitrogens is 2. The first-order valence-corrected chi connectivity index (χ1v) is 6.87. The Bertz CT molecular complexity index is 759. The Balaban J connectivity index is 1.81. The van der Waals surface area contributed by atoms with E-state index in [0.29, 0.717) is 5.52 Å². The van der Waals surface area contributed by atoms with Gasteiger partial charge in [0.2, 0.25) is 0 Å². The molecule has 108 valence electrons. The quantitative estimate of drug-likeness (QED) is 0.778. The standard InChI is InChI=1S/C16H16N2O3/c1-11(4-6-13-3-2-8-21-13)18-10-17-14-9-12(16(19)20)5-7-15(14)18/h2-3,5,7-11H,4,6H2,1H3,(H,19,20). The summed E-state index contributed by atoms with van der Waals surface area (Å²) in [4.78, 5) is 15.3. The van der Waals surface area contributed by atoms with E-state index in [1.54, 1.807) is 24.7 Å². The zero-order valence-corrected chi connectivity index (χ0v) is 11.7. The van der Waals surface area contributed by atoms with Gasteiger partial charge >= 0.3 is 5.97 Å². The zero-order valence-electron chi connectivity index (χ0n) is 11.7.